The minimum Gasteiger partial charge on any atom is -0.307 e. The highest BCUT2D eigenvalue weighted by Crippen LogP contribution is 2.18. The molecule has 1 aromatic carbocycles. The molecule has 0 spiro atoms. The Morgan fingerprint density at radius 3 is 2.38 bits per heavy atom. The molecule has 0 bridgehead atoms. The van der Waals surface area contributed by atoms with Gasteiger partial charge in [0, 0.05) is 31.8 Å². The van der Waals surface area contributed by atoms with E-state index in [0.717, 1.165) is 18.5 Å². The molecule has 0 aliphatic rings. The van der Waals surface area contributed by atoms with Crippen molar-refractivity contribution < 1.29 is 13.2 Å². The molecule has 1 amide bonds. The maximum atomic E-state index is 12.7. The first-order valence-electron chi connectivity index (χ1n) is 8.71. The zero-order chi connectivity index (χ0) is 19.3. The van der Waals surface area contributed by atoms with Crippen LogP contribution in [0.3, 0.4) is 0 Å². The van der Waals surface area contributed by atoms with Gasteiger partial charge in [-0.1, -0.05) is 20.3 Å². The normalized spacial score (nSPS) is 11.7. The second-order valence-electron chi connectivity index (χ2n) is 6.12. The Morgan fingerprint density at radius 2 is 1.88 bits per heavy atom. The summed E-state index contributed by atoms with van der Waals surface area (Å²) < 4.78 is 28.4. The average molecular weight is 378 g/mol. The summed E-state index contributed by atoms with van der Waals surface area (Å²) in [5, 5.41) is 6.94. The predicted molar refractivity (Wildman–Crippen MR) is 102 cm³/mol. The minimum absolute atomic E-state index is 0.198. The van der Waals surface area contributed by atoms with Crippen LogP contribution < -0.4 is 5.32 Å². The van der Waals surface area contributed by atoms with Crippen LogP contribution in [0.15, 0.2) is 35.2 Å². The Balaban J connectivity index is 2.16. The fourth-order valence-electron chi connectivity index (χ4n) is 2.63. The average Bonchev–Trinajstić information content (AvgIpc) is 2.92. The van der Waals surface area contributed by atoms with Crippen LogP contribution in [0.5, 0.6) is 0 Å². The standard InChI is InChI=1S/C18H26N4O3S/c1-5-7-12-22(6-2)26(24,25)16-10-8-15(9-11-16)18(23)19-17-13-14(3)20-21(17)4/h8-11,13H,5-7,12H2,1-4H3,(H,19,23). The fraction of sp³-hybridized carbons (Fsp3) is 0.444. The third-order valence-electron chi connectivity index (χ3n) is 4.11. The topological polar surface area (TPSA) is 84.3 Å². The molecule has 0 aliphatic carbocycles. The number of unbranched alkanes of at least 4 members (excludes halogenated alkanes) is 1. The van der Waals surface area contributed by atoms with Crippen molar-refractivity contribution >= 4 is 21.7 Å². The SMILES string of the molecule is CCCCN(CC)S(=O)(=O)c1ccc(C(=O)Nc2cc(C)nn2C)cc1. The van der Waals surface area contributed by atoms with Gasteiger partial charge in [0.2, 0.25) is 10.0 Å². The minimum atomic E-state index is -3.54. The number of aryl methyl sites for hydroxylation is 2. The molecule has 26 heavy (non-hydrogen) atoms. The van der Waals surface area contributed by atoms with Gasteiger partial charge < -0.3 is 5.32 Å². The van der Waals surface area contributed by atoms with Crippen molar-refractivity contribution in [2.75, 3.05) is 18.4 Å². The second kappa shape index (κ2) is 8.46. The Bertz CT molecular complexity index is 857. The van der Waals surface area contributed by atoms with Crippen molar-refractivity contribution in [2.24, 2.45) is 7.05 Å². The van der Waals surface area contributed by atoms with Crippen molar-refractivity contribution in [2.45, 2.75) is 38.5 Å². The summed E-state index contributed by atoms with van der Waals surface area (Å²) in [4.78, 5) is 12.6. The van der Waals surface area contributed by atoms with Gasteiger partial charge in [-0.25, -0.2) is 8.42 Å². The van der Waals surface area contributed by atoms with Crippen LogP contribution in [0.4, 0.5) is 5.82 Å². The van der Waals surface area contributed by atoms with Crippen LogP contribution in [-0.2, 0) is 17.1 Å². The maximum absolute atomic E-state index is 12.7. The summed E-state index contributed by atoms with van der Waals surface area (Å²) in [5.41, 5.74) is 1.19. The number of carbonyl (C=O) groups excluding carboxylic acids is 1. The Hall–Kier alpha value is -2.19. The van der Waals surface area contributed by atoms with Gasteiger partial charge in [0.05, 0.1) is 10.6 Å². The molecule has 142 valence electrons. The number of anilines is 1. The molecule has 0 atom stereocenters. The maximum Gasteiger partial charge on any atom is 0.256 e. The zero-order valence-electron chi connectivity index (χ0n) is 15.7. The Kier molecular flexibility index (Phi) is 6.55. The molecule has 0 aliphatic heterocycles. The Labute approximate surface area is 155 Å². The molecule has 8 heteroatoms. The number of nitrogens with one attached hydrogen (secondary N) is 1. The summed E-state index contributed by atoms with van der Waals surface area (Å²) in [6, 6.07) is 7.78. The molecular formula is C18H26N4O3S. The van der Waals surface area contributed by atoms with E-state index in [9.17, 15) is 13.2 Å². The van der Waals surface area contributed by atoms with Crippen molar-refractivity contribution in [3.05, 3.63) is 41.6 Å². The molecule has 0 fully saturated rings. The van der Waals surface area contributed by atoms with Gasteiger partial charge in [0.15, 0.2) is 0 Å². The third kappa shape index (κ3) is 4.50. The molecule has 0 unspecified atom stereocenters. The van der Waals surface area contributed by atoms with Crippen LogP contribution in [0.2, 0.25) is 0 Å². The summed E-state index contributed by atoms with van der Waals surface area (Å²) in [6.45, 7) is 6.61. The molecular weight excluding hydrogens is 352 g/mol. The molecule has 0 saturated heterocycles. The summed E-state index contributed by atoms with van der Waals surface area (Å²) >= 11 is 0. The van der Waals surface area contributed by atoms with E-state index in [4.69, 9.17) is 0 Å². The lowest BCUT2D eigenvalue weighted by atomic mass is 10.2. The molecule has 7 nitrogen and oxygen atoms in total. The molecule has 2 rings (SSSR count). The van der Waals surface area contributed by atoms with Crippen LogP contribution in [0.1, 0.15) is 42.7 Å². The Morgan fingerprint density at radius 1 is 1.23 bits per heavy atom. The molecule has 2 aromatic rings. The highest BCUT2D eigenvalue weighted by molar-refractivity contribution is 7.89. The van der Waals surface area contributed by atoms with Crippen LogP contribution >= 0.6 is 0 Å². The number of aromatic nitrogens is 2. The predicted octanol–water partition coefficient (Wildman–Crippen LogP) is 2.79. The number of sulfonamides is 1. The number of hydrogen-bond acceptors (Lipinski definition) is 4. The van der Waals surface area contributed by atoms with Gasteiger partial charge in [0.25, 0.3) is 5.91 Å². The number of rotatable bonds is 8. The highest BCUT2D eigenvalue weighted by Gasteiger charge is 2.22. The highest BCUT2D eigenvalue weighted by atomic mass is 32.2. The fourth-order valence-corrected chi connectivity index (χ4v) is 4.11. The van der Waals surface area contributed by atoms with Gasteiger partial charge >= 0.3 is 0 Å². The zero-order valence-corrected chi connectivity index (χ0v) is 16.5. The third-order valence-corrected chi connectivity index (χ3v) is 6.10. The monoisotopic (exact) mass is 378 g/mol. The van der Waals surface area contributed by atoms with Gasteiger partial charge in [-0.05, 0) is 37.6 Å². The lowest BCUT2D eigenvalue weighted by Gasteiger charge is -2.20. The van der Waals surface area contributed by atoms with Crippen molar-refractivity contribution in [3.63, 3.8) is 0 Å². The molecule has 0 radical (unpaired) electrons. The second-order valence-corrected chi connectivity index (χ2v) is 8.06. The lowest BCUT2D eigenvalue weighted by Crippen LogP contribution is -2.31. The van der Waals surface area contributed by atoms with E-state index in [1.54, 1.807) is 17.8 Å². The van der Waals surface area contributed by atoms with E-state index in [-0.39, 0.29) is 10.8 Å². The van der Waals surface area contributed by atoms with E-state index < -0.39 is 10.0 Å². The number of amides is 1. The first kappa shape index (κ1) is 20.1. The molecule has 1 aromatic heterocycles. The number of benzene rings is 1. The van der Waals surface area contributed by atoms with E-state index >= 15 is 0 Å². The van der Waals surface area contributed by atoms with Crippen LogP contribution in [-0.4, -0.2) is 41.5 Å². The molecule has 0 saturated carbocycles. The molecule has 1 heterocycles. The van der Waals surface area contributed by atoms with Crippen molar-refractivity contribution in [3.8, 4) is 0 Å². The summed E-state index contributed by atoms with van der Waals surface area (Å²) in [7, 11) is -1.80. The van der Waals surface area contributed by atoms with E-state index in [1.165, 1.54) is 28.6 Å². The number of hydrogen-bond donors (Lipinski definition) is 1. The van der Waals surface area contributed by atoms with Crippen molar-refractivity contribution in [1.29, 1.82) is 0 Å². The van der Waals surface area contributed by atoms with Gasteiger partial charge in [-0.3, -0.25) is 9.48 Å². The quantitative estimate of drug-likeness (QED) is 0.765. The first-order valence-corrected chi connectivity index (χ1v) is 10.2. The van der Waals surface area contributed by atoms with E-state index in [2.05, 4.69) is 10.4 Å². The molecule has 1 N–H and O–H groups in total. The summed E-state index contributed by atoms with van der Waals surface area (Å²) in [5.74, 6) is 0.274. The van der Waals surface area contributed by atoms with E-state index in [1.807, 2.05) is 20.8 Å². The van der Waals surface area contributed by atoms with E-state index in [0.29, 0.717) is 24.5 Å². The van der Waals surface area contributed by atoms with Gasteiger partial charge in [-0.15, -0.1) is 0 Å². The van der Waals surface area contributed by atoms with Gasteiger partial charge in [0.1, 0.15) is 5.82 Å². The van der Waals surface area contributed by atoms with Crippen molar-refractivity contribution in [1.82, 2.24) is 14.1 Å². The summed E-state index contributed by atoms with van der Waals surface area (Å²) in [6.07, 6.45) is 1.75. The first-order chi connectivity index (χ1) is 12.3. The largest absolute Gasteiger partial charge is 0.307 e. The number of nitrogens with zero attached hydrogens (tertiary/aromatic N) is 3. The number of carbonyl (C=O) groups is 1. The van der Waals surface area contributed by atoms with Crippen LogP contribution in [0.25, 0.3) is 0 Å². The van der Waals surface area contributed by atoms with Gasteiger partial charge in [-0.2, -0.15) is 9.40 Å². The lowest BCUT2D eigenvalue weighted by molar-refractivity contribution is 0.102. The smallest absolute Gasteiger partial charge is 0.256 e. The van der Waals surface area contributed by atoms with Crippen LogP contribution in [0, 0.1) is 6.92 Å².